The Morgan fingerprint density at radius 3 is 2.76 bits per heavy atom. The van der Waals surface area contributed by atoms with Gasteiger partial charge in [-0.1, -0.05) is 35.9 Å². The Morgan fingerprint density at radius 1 is 1.10 bits per heavy atom. The lowest BCUT2D eigenvalue weighted by Crippen LogP contribution is -2.07. The molecule has 0 aliphatic heterocycles. The number of fused-ring (bicyclic) bond motifs is 1. The van der Waals surface area contributed by atoms with Gasteiger partial charge >= 0.3 is 0 Å². The van der Waals surface area contributed by atoms with E-state index in [9.17, 15) is 0 Å². The molecule has 3 aromatic rings. The lowest BCUT2D eigenvalue weighted by Gasteiger charge is -2.10. The Bertz CT molecular complexity index is 774. The SMILES string of the molecule is CNCc1cc2ccccc2c(Oc2cccc(Cl)c2)n1. The Balaban J connectivity index is 2.07. The van der Waals surface area contributed by atoms with Crippen molar-refractivity contribution in [3.63, 3.8) is 0 Å². The van der Waals surface area contributed by atoms with Crippen LogP contribution in [0.4, 0.5) is 0 Å². The maximum absolute atomic E-state index is 6.00. The molecule has 0 spiro atoms. The minimum Gasteiger partial charge on any atom is -0.438 e. The summed E-state index contributed by atoms with van der Waals surface area (Å²) in [5.41, 5.74) is 0.938. The van der Waals surface area contributed by atoms with E-state index in [1.165, 1.54) is 0 Å². The number of nitrogens with zero attached hydrogens (tertiary/aromatic N) is 1. The van der Waals surface area contributed by atoms with Crippen LogP contribution in [0.15, 0.2) is 54.6 Å². The molecule has 3 nitrogen and oxygen atoms in total. The molecule has 0 unspecified atom stereocenters. The van der Waals surface area contributed by atoms with Gasteiger partial charge in [0.15, 0.2) is 0 Å². The van der Waals surface area contributed by atoms with E-state index in [0.29, 0.717) is 23.2 Å². The van der Waals surface area contributed by atoms with Gasteiger partial charge in [0, 0.05) is 17.0 Å². The van der Waals surface area contributed by atoms with Gasteiger partial charge in [0.2, 0.25) is 5.88 Å². The van der Waals surface area contributed by atoms with Crippen molar-refractivity contribution in [2.75, 3.05) is 7.05 Å². The van der Waals surface area contributed by atoms with Crippen LogP contribution in [-0.4, -0.2) is 12.0 Å². The molecule has 21 heavy (non-hydrogen) atoms. The monoisotopic (exact) mass is 298 g/mol. The van der Waals surface area contributed by atoms with Gasteiger partial charge in [-0.05, 0) is 42.8 Å². The number of rotatable bonds is 4. The van der Waals surface area contributed by atoms with Crippen LogP contribution in [0.1, 0.15) is 5.69 Å². The molecular weight excluding hydrogens is 284 g/mol. The Kier molecular flexibility index (Phi) is 4.04. The summed E-state index contributed by atoms with van der Waals surface area (Å²) in [5, 5.41) is 5.84. The van der Waals surface area contributed by atoms with Gasteiger partial charge < -0.3 is 10.1 Å². The molecule has 1 aromatic heterocycles. The zero-order chi connectivity index (χ0) is 14.7. The maximum atomic E-state index is 6.00. The van der Waals surface area contributed by atoms with Crippen LogP contribution >= 0.6 is 11.6 Å². The first-order valence-electron chi connectivity index (χ1n) is 6.73. The van der Waals surface area contributed by atoms with Crippen LogP contribution in [0.3, 0.4) is 0 Å². The molecule has 0 bridgehead atoms. The average molecular weight is 299 g/mol. The van der Waals surface area contributed by atoms with E-state index in [0.717, 1.165) is 16.5 Å². The summed E-state index contributed by atoms with van der Waals surface area (Å²) < 4.78 is 5.94. The highest BCUT2D eigenvalue weighted by Gasteiger charge is 2.08. The average Bonchev–Trinajstić information content (AvgIpc) is 2.48. The zero-order valence-corrected chi connectivity index (χ0v) is 12.4. The van der Waals surface area contributed by atoms with Crippen molar-refractivity contribution in [3.05, 3.63) is 65.3 Å². The summed E-state index contributed by atoms with van der Waals surface area (Å²) in [6.45, 7) is 0.691. The number of ether oxygens (including phenoxy) is 1. The molecule has 0 aliphatic carbocycles. The maximum Gasteiger partial charge on any atom is 0.227 e. The number of halogens is 1. The van der Waals surface area contributed by atoms with Crippen molar-refractivity contribution in [1.29, 1.82) is 0 Å². The predicted molar refractivity (Wildman–Crippen MR) is 86.0 cm³/mol. The van der Waals surface area contributed by atoms with Crippen molar-refractivity contribution in [3.8, 4) is 11.6 Å². The summed E-state index contributed by atoms with van der Waals surface area (Å²) in [6, 6.07) is 17.4. The first kappa shape index (κ1) is 13.9. The van der Waals surface area contributed by atoms with E-state index in [1.807, 2.05) is 43.4 Å². The van der Waals surface area contributed by atoms with Gasteiger partial charge in [-0.25, -0.2) is 4.98 Å². The quantitative estimate of drug-likeness (QED) is 0.775. The number of pyridine rings is 1. The molecule has 1 N–H and O–H groups in total. The second-order valence-corrected chi connectivity index (χ2v) is 5.17. The van der Waals surface area contributed by atoms with E-state index in [1.54, 1.807) is 6.07 Å². The fourth-order valence-electron chi connectivity index (χ4n) is 2.21. The predicted octanol–water partition coefficient (Wildman–Crippen LogP) is 4.40. The smallest absolute Gasteiger partial charge is 0.227 e. The lowest BCUT2D eigenvalue weighted by atomic mass is 10.1. The normalized spacial score (nSPS) is 10.8. The minimum atomic E-state index is 0.598. The fourth-order valence-corrected chi connectivity index (χ4v) is 2.39. The van der Waals surface area contributed by atoms with E-state index < -0.39 is 0 Å². The Morgan fingerprint density at radius 2 is 1.95 bits per heavy atom. The summed E-state index contributed by atoms with van der Waals surface area (Å²) >= 11 is 6.00. The summed E-state index contributed by atoms with van der Waals surface area (Å²) in [7, 11) is 1.90. The highest BCUT2D eigenvalue weighted by molar-refractivity contribution is 6.30. The number of aromatic nitrogens is 1. The molecule has 4 heteroatoms. The molecule has 0 aliphatic rings. The van der Waals surface area contributed by atoms with E-state index in [2.05, 4.69) is 22.4 Å². The van der Waals surface area contributed by atoms with Crippen LogP contribution in [0, 0.1) is 0 Å². The third-order valence-corrected chi connectivity index (χ3v) is 3.36. The molecule has 0 saturated carbocycles. The zero-order valence-electron chi connectivity index (χ0n) is 11.6. The molecule has 0 saturated heterocycles. The van der Waals surface area contributed by atoms with Crippen molar-refractivity contribution < 1.29 is 4.74 Å². The molecular formula is C17H15ClN2O. The number of hydrogen-bond donors (Lipinski definition) is 1. The molecule has 3 rings (SSSR count). The van der Waals surface area contributed by atoms with Crippen LogP contribution in [-0.2, 0) is 6.54 Å². The summed E-state index contributed by atoms with van der Waals surface area (Å²) in [4.78, 5) is 4.59. The van der Waals surface area contributed by atoms with Gasteiger partial charge in [0.25, 0.3) is 0 Å². The number of nitrogens with one attached hydrogen (secondary N) is 1. The second kappa shape index (κ2) is 6.12. The molecule has 0 radical (unpaired) electrons. The minimum absolute atomic E-state index is 0.598. The topological polar surface area (TPSA) is 34.1 Å². The van der Waals surface area contributed by atoms with Crippen LogP contribution in [0.2, 0.25) is 5.02 Å². The largest absolute Gasteiger partial charge is 0.438 e. The third-order valence-electron chi connectivity index (χ3n) is 3.13. The van der Waals surface area contributed by atoms with Gasteiger partial charge in [0.1, 0.15) is 5.75 Å². The lowest BCUT2D eigenvalue weighted by molar-refractivity contribution is 0.466. The fraction of sp³-hybridized carbons (Fsp3) is 0.118. The van der Waals surface area contributed by atoms with E-state index in [-0.39, 0.29) is 0 Å². The van der Waals surface area contributed by atoms with Crippen LogP contribution < -0.4 is 10.1 Å². The highest BCUT2D eigenvalue weighted by atomic mass is 35.5. The molecule has 1 heterocycles. The third kappa shape index (κ3) is 3.15. The number of hydrogen-bond acceptors (Lipinski definition) is 3. The Hall–Kier alpha value is -2.10. The van der Waals surface area contributed by atoms with Gasteiger partial charge in [0.05, 0.1) is 5.69 Å². The number of benzene rings is 2. The van der Waals surface area contributed by atoms with Crippen LogP contribution in [0.5, 0.6) is 11.6 Å². The van der Waals surface area contributed by atoms with Crippen molar-refractivity contribution in [2.45, 2.75) is 6.54 Å². The van der Waals surface area contributed by atoms with E-state index >= 15 is 0 Å². The van der Waals surface area contributed by atoms with Gasteiger partial charge in [-0.2, -0.15) is 0 Å². The second-order valence-electron chi connectivity index (χ2n) is 4.73. The standard InChI is InChI=1S/C17H15ClN2O/c1-19-11-14-9-12-5-2-3-8-16(12)17(20-14)21-15-7-4-6-13(18)10-15/h2-10,19H,11H2,1H3. The van der Waals surface area contributed by atoms with E-state index in [4.69, 9.17) is 16.3 Å². The first-order valence-corrected chi connectivity index (χ1v) is 7.11. The summed E-state index contributed by atoms with van der Waals surface area (Å²) in [5.74, 6) is 1.28. The molecule has 0 atom stereocenters. The summed E-state index contributed by atoms with van der Waals surface area (Å²) in [6.07, 6.45) is 0. The van der Waals surface area contributed by atoms with Crippen LogP contribution in [0.25, 0.3) is 10.8 Å². The van der Waals surface area contributed by atoms with Crippen molar-refractivity contribution in [1.82, 2.24) is 10.3 Å². The first-order chi connectivity index (χ1) is 10.3. The van der Waals surface area contributed by atoms with Gasteiger partial charge in [-0.3, -0.25) is 0 Å². The van der Waals surface area contributed by atoms with Gasteiger partial charge in [-0.15, -0.1) is 0 Å². The molecule has 0 amide bonds. The van der Waals surface area contributed by atoms with Crippen molar-refractivity contribution >= 4 is 22.4 Å². The highest BCUT2D eigenvalue weighted by Crippen LogP contribution is 2.29. The molecule has 0 fully saturated rings. The van der Waals surface area contributed by atoms with Crippen molar-refractivity contribution in [2.24, 2.45) is 0 Å². The Labute approximate surface area is 128 Å². The molecule has 2 aromatic carbocycles. The molecule has 106 valence electrons.